The molecule has 7 heteroatoms. The lowest BCUT2D eigenvalue weighted by molar-refractivity contribution is -0.384. The van der Waals surface area contributed by atoms with Crippen LogP contribution in [0.2, 0.25) is 0 Å². The second-order valence-corrected chi connectivity index (χ2v) is 3.04. The number of anilines is 1. The van der Waals surface area contributed by atoms with Crippen molar-refractivity contribution < 1.29 is 14.5 Å². The lowest BCUT2D eigenvalue weighted by Gasteiger charge is -2.15. The Morgan fingerprint density at radius 1 is 1.69 bits per heavy atom. The standard InChI is InChI=1S/C9H11N3O4/c1-11(6-8(13)16-2)9-7(12(14)15)4-3-5-10-9/h3-5H,6H2,1-2H3. The number of aromatic nitrogens is 1. The third-order valence-electron chi connectivity index (χ3n) is 1.92. The van der Waals surface area contributed by atoms with Crippen LogP contribution in [0, 0.1) is 10.1 Å². The summed E-state index contributed by atoms with van der Waals surface area (Å²) in [5, 5.41) is 10.7. The summed E-state index contributed by atoms with van der Waals surface area (Å²) >= 11 is 0. The first-order valence-corrected chi connectivity index (χ1v) is 4.43. The van der Waals surface area contributed by atoms with Crippen LogP contribution in [0.1, 0.15) is 0 Å². The van der Waals surface area contributed by atoms with Crippen molar-refractivity contribution in [3.05, 3.63) is 28.4 Å². The molecule has 1 heterocycles. The van der Waals surface area contributed by atoms with Gasteiger partial charge in [0.15, 0.2) is 0 Å². The van der Waals surface area contributed by atoms with Gasteiger partial charge in [-0.3, -0.25) is 14.9 Å². The van der Waals surface area contributed by atoms with Crippen LogP contribution in [0.25, 0.3) is 0 Å². The Kier molecular flexibility index (Phi) is 3.76. The molecule has 0 radical (unpaired) electrons. The van der Waals surface area contributed by atoms with E-state index in [1.807, 2.05) is 0 Å². The number of esters is 1. The second-order valence-electron chi connectivity index (χ2n) is 3.04. The third-order valence-corrected chi connectivity index (χ3v) is 1.92. The van der Waals surface area contributed by atoms with Gasteiger partial charge in [-0.25, -0.2) is 4.98 Å². The molecule has 1 aromatic heterocycles. The van der Waals surface area contributed by atoms with Gasteiger partial charge in [0, 0.05) is 19.3 Å². The molecule has 0 unspecified atom stereocenters. The highest BCUT2D eigenvalue weighted by atomic mass is 16.6. The van der Waals surface area contributed by atoms with Crippen LogP contribution < -0.4 is 4.90 Å². The second kappa shape index (κ2) is 5.06. The summed E-state index contributed by atoms with van der Waals surface area (Å²) < 4.78 is 4.46. The third kappa shape index (κ3) is 2.66. The Hall–Kier alpha value is -2.18. The van der Waals surface area contributed by atoms with Crippen molar-refractivity contribution in [3.63, 3.8) is 0 Å². The summed E-state index contributed by atoms with van der Waals surface area (Å²) in [6, 6.07) is 2.80. The number of methoxy groups -OCH3 is 1. The van der Waals surface area contributed by atoms with Crippen molar-refractivity contribution in [2.45, 2.75) is 0 Å². The maximum absolute atomic E-state index is 11.0. The van der Waals surface area contributed by atoms with Crippen LogP contribution in [-0.2, 0) is 9.53 Å². The Bertz CT molecular complexity index is 407. The lowest BCUT2D eigenvalue weighted by atomic mass is 10.3. The molecule has 86 valence electrons. The largest absolute Gasteiger partial charge is 0.468 e. The van der Waals surface area contributed by atoms with E-state index in [1.54, 1.807) is 0 Å². The summed E-state index contributed by atoms with van der Waals surface area (Å²) in [6.07, 6.45) is 1.43. The number of pyridine rings is 1. The Balaban J connectivity index is 2.94. The maximum atomic E-state index is 11.0. The van der Waals surface area contributed by atoms with Gasteiger partial charge in [0.1, 0.15) is 6.54 Å². The van der Waals surface area contributed by atoms with Gasteiger partial charge in [-0.2, -0.15) is 0 Å². The van der Waals surface area contributed by atoms with E-state index in [9.17, 15) is 14.9 Å². The number of hydrogen-bond donors (Lipinski definition) is 0. The minimum atomic E-state index is -0.546. The Morgan fingerprint density at radius 3 is 2.94 bits per heavy atom. The molecule has 1 aromatic rings. The van der Waals surface area contributed by atoms with Gasteiger partial charge in [0.05, 0.1) is 12.0 Å². The summed E-state index contributed by atoms with van der Waals surface area (Å²) in [4.78, 5) is 26.4. The molecule has 0 aliphatic carbocycles. The normalized spacial score (nSPS) is 9.62. The van der Waals surface area contributed by atoms with Crippen LogP contribution in [0.3, 0.4) is 0 Å². The van der Waals surface area contributed by atoms with E-state index in [1.165, 1.54) is 37.4 Å². The van der Waals surface area contributed by atoms with Crippen molar-refractivity contribution >= 4 is 17.5 Å². The molecule has 0 bridgehead atoms. The van der Waals surface area contributed by atoms with Crippen molar-refractivity contribution in [2.75, 3.05) is 25.6 Å². The molecule has 0 saturated heterocycles. The van der Waals surface area contributed by atoms with Gasteiger partial charge in [-0.15, -0.1) is 0 Å². The molecule has 1 rings (SSSR count). The van der Waals surface area contributed by atoms with Crippen LogP contribution in [0.5, 0.6) is 0 Å². The van der Waals surface area contributed by atoms with Gasteiger partial charge in [-0.1, -0.05) is 0 Å². The van der Waals surface area contributed by atoms with Gasteiger partial charge >= 0.3 is 11.7 Å². The number of likely N-dealkylation sites (N-methyl/N-ethyl adjacent to an activating group) is 1. The van der Waals surface area contributed by atoms with Crippen molar-refractivity contribution in [2.24, 2.45) is 0 Å². The predicted octanol–water partition coefficient (Wildman–Crippen LogP) is 0.599. The molecule has 0 N–H and O–H groups in total. The lowest BCUT2D eigenvalue weighted by Crippen LogP contribution is -2.27. The van der Waals surface area contributed by atoms with Crippen LogP contribution >= 0.6 is 0 Å². The van der Waals surface area contributed by atoms with Gasteiger partial charge in [-0.05, 0) is 6.07 Å². The van der Waals surface area contributed by atoms with Gasteiger partial charge in [0.25, 0.3) is 0 Å². The molecule has 16 heavy (non-hydrogen) atoms. The fraction of sp³-hybridized carbons (Fsp3) is 0.333. The molecule has 0 saturated carbocycles. The van der Waals surface area contributed by atoms with E-state index in [2.05, 4.69) is 9.72 Å². The first-order valence-electron chi connectivity index (χ1n) is 4.43. The Morgan fingerprint density at radius 2 is 2.38 bits per heavy atom. The molecular formula is C9H11N3O4. The molecule has 7 nitrogen and oxygen atoms in total. The smallest absolute Gasteiger partial charge is 0.325 e. The van der Waals surface area contributed by atoms with Gasteiger partial charge in [0.2, 0.25) is 5.82 Å². The fourth-order valence-corrected chi connectivity index (χ4v) is 1.16. The fourth-order valence-electron chi connectivity index (χ4n) is 1.16. The number of nitrogens with zero attached hydrogens (tertiary/aromatic N) is 3. The highest BCUT2D eigenvalue weighted by Gasteiger charge is 2.19. The maximum Gasteiger partial charge on any atom is 0.325 e. The molecule has 0 aromatic carbocycles. The van der Waals surface area contributed by atoms with Crippen molar-refractivity contribution in [1.29, 1.82) is 0 Å². The number of ether oxygens (including phenoxy) is 1. The van der Waals surface area contributed by atoms with E-state index < -0.39 is 10.9 Å². The first kappa shape index (κ1) is 11.9. The topological polar surface area (TPSA) is 85.6 Å². The number of carbonyl (C=O) groups excluding carboxylic acids is 1. The summed E-state index contributed by atoms with van der Waals surface area (Å²) in [7, 11) is 2.79. The molecule has 0 spiro atoms. The first-order chi connectivity index (χ1) is 7.56. The van der Waals surface area contributed by atoms with Crippen molar-refractivity contribution in [1.82, 2.24) is 4.98 Å². The molecular weight excluding hydrogens is 214 g/mol. The zero-order valence-corrected chi connectivity index (χ0v) is 8.91. The molecule has 0 atom stereocenters. The van der Waals surface area contributed by atoms with Gasteiger partial charge < -0.3 is 9.64 Å². The van der Waals surface area contributed by atoms with E-state index in [0.717, 1.165) is 0 Å². The van der Waals surface area contributed by atoms with E-state index in [4.69, 9.17) is 0 Å². The number of rotatable bonds is 4. The Labute approximate surface area is 91.8 Å². The summed E-state index contributed by atoms with van der Waals surface area (Å²) in [5.41, 5.74) is -0.145. The molecule has 0 aliphatic rings. The van der Waals surface area contributed by atoms with Crippen LogP contribution in [0.4, 0.5) is 11.5 Å². The number of nitro groups is 1. The van der Waals surface area contributed by atoms with E-state index in [-0.39, 0.29) is 18.1 Å². The number of carbonyl (C=O) groups is 1. The zero-order valence-electron chi connectivity index (χ0n) is 8.91. The summed E-state index contributed by atoms with van der Waals surface area (Å²) in [5.74, 6) is -0.347. The van der Waals surface area contributed by atoms with E-state index >= 15 is 0 Å². The molecule has 0 fully saturated rings. The highest BCUT2D eigenvalue weighted by Crippen LogP contribution is 2.23. The monoisotopic (exact) mass is 225 g/mol. The quantitative estimate of drug-likeness (QED) is 0.423. The average molecular weight is 225 g/mol. The van der Waals surface area contributed by atoms with Crippen LogP contribution in [0.15, 0.2) is 18.3 Å². The zero-order chi connectivity index (χ0) is 12.1. The highest BCUT2D eigenvalue weighted by molar-refractivity contribution is 5.76. The predicted molar refractivity (Wildman–Crippen MR) is 56.2 cm³/mol. The average Bonchev–Trinajstić information content (AvgIpc) is 2.28. The minimum absolute atomic E-state index is 0.0889. The molecule has 0 amide bonds. The number of hydrogen-bond acceptors (Lipinski definition) is 6. The van der Waals surface area contributed by atoms with Crippen LogP contribution in [-0.4, -0.2) is 36.6 Å². The van der Waals surface area contributed by atoms with Crippen molar-refractivity contribution in [3.8, 4) is 0 Å². The van der Waals surface area contributed by atoms with E-state index in [0.29, 0.717) is 0 Å². The minimum Gasteiger partial charge on any atom is -0.468 e. The molecule has 0 aliphatic heterocycles. The summed E-state index contributed by atoms with van der Waals surface area (Å²) in [6.45, 7) is -0.0889. The SMILES string of the molecule is COC(=O)CN(C)c1ncccc1[N+](=O)[O-].